The molecule has 1 N–H and O–H groups in total. The Kier molecular flexibility index (Phi) is 9.15. The van der Waals surface area contributed by atoms with Crippen LogP contribution in [-0.2, 0) is 22.0 Å². The van der Waals surface area contributed by atoms with E-state index in [2.05, 4.69) is 6.92 Å². The van der Waals surface area contributed by atoms with E-state index in [1.807, 2.05) is 68.4 Å². The lowest BCUT2D eigenvalue weighted by Crippen LogP contribution is -2.38. The van der Waals surface area contributed by atoms with E-state index < -0.39 is 22.4 Å². The quantitative estimate of drug-likeness (QED) is 0.312. The highest BCUT2D eigenvalue weighted by Gasteiger charge is 2.30. The zero-order valence-electron chi connectivity index (χ0n) is 21.4. The average molecular weight is 511 g/mol. The van der Waals surface area contributed by atoms with Gasteiger partial charge >= 0.3 is 5.97 Å². The highest BCUT2D eigenvalue weighted by atomic mass is 32.2. The zero-order valence-corrected chi connectivity index (χ0v) is 22.3. The molecule has 6 nitrogen and oxygen atoms in total. The van der Waals surface area contributed by atoms with Gasteiger partial charge in [0, 0.05) is 11.3 Å². The maximum atomic E-state index is 13.3. The van der Waals surface area contributed by atoms with E-state index in [4.69, 9.17) is 14.2 Å². The largest absolute Gasteiger partial charge is 0.493 e. The van der Waals surface area contributed by atoms with Crippen molar-refractivity contribution < 1.29 is 28.3 Å². The lowest BCUT2D eigenvalue weighted by molar-refractivity contribution is -0.152. The summed E-state index contributed by atoms with van der Waals surface area (Å²) in [5.74, 6) is 0.746. The minimum absolute atomic E-state index is 0.163. The number of hydrogen-bond donors (Lipinski definition) is 1. The van der Waals surface area contributed by atoms with Crippen molar-refractivity contribution in [3.63, 3.8) is 0 Å². The van der Waals surface area contributed by atoms with E-state index in [1.165, 1.54) is 13.8 Å². The van der Waals surface area contributed by atoms with Gasteiger partial charge in [0.05, 0.1) is 28.4 Å². The Bertz CT molecular complexity index is 1210. The first kappa shape index (κ1) is 27.3. The van der Waals surface area contributed by atoms with Gasteiger partial charge in [-0.15, -0.1) is 0 Å². The lowest BCUT2D eigenvalue weighted by atomic mass is 10.1. The van der Waals surface area contributed by atoms with Gasteiger partial charge in [0.1, 0.15) is 17.2 Å². The number of aryl methyl sites for hydroxylation is 2. The van der Waals surface area contributed by atoms with E-state index in [1.54, 1.807) is 12.1 Å². The normalized spacial score (nSPS) is 13.0. The molecule has 0 bridgehead atoms. The molecule has 3 aromatic carbocycles. The van der Waals surface area contributed by atoms with Gasteiger partial charge in [-0.2, -0.15) is 0 Å². The summed E-state index contributed by atoms with van der Waals surface area (Å²) in [6, 6.07) is 20.5. The van der Waals surface area contributed by atoms with Crippen LogP contribution in [0.15, 0.2) is 76.5 Å². The summed E-state index contributed by atoms with van der Waals surface area (Å²) in [7, 11) is -1.34. The zero-order chi connectivity index (χ0) is 26.3. The molecule has 36 heavy (non-hydrogen) atoms. The molecule has 0 fully saturated rings. The number of carbonyl (C=O) groups is 1. The molecule has 3 aromatic rings. The van der Waals surface area contributed by atoms with Crippen molar-refractivity contribution in [2.45, 2.75) is 69.0 Å². The summed E-state index contributed by atoms with van der Waals surface area (Å²) in [6.45, 7) is 9.32. The maximum absolute atomic E-state index is 13.3. The van der Waals surface area contributed by atoms with Crippen LogP contribution in [0.1, 0.15) is 45.2 Å². The van der Waals surface area contributed by atoms with Crippen LogP contribution in [0, 0.1) is 6.92 Å². The number of carboxylic acids is 1. The highest BCUT2D eigenvalue weighted by Crippen LogP contribution is 2.30. The Morgan fingerprint density at radius 3 is 2.36 bits per heavy atom. The number of rotatable bonds is 12. The average Bonchev–Trinajstić information content (AvgIpc) is 2.86. The molecule has 192 valence electrons. The molecular weight excluding hydrogens is 476 g/mol. The van der Waals surface area contributed by atoms with Crippen LogP contribution in [0.25, 0.3) is 0 Å². The first-order chi connectivity index (χ1) is 17.1. The van der Waals surface area contributed by atoms with E-state index in [0.29, 0.717) is 35.2 Å². The number of carboxylic acid groups (broad SMARTS) is 1. The van der Waals surface area contributed by atoms with Gasteiger partial charge in [-0.25, -0.2) is 9.00 Å². The van der Waals surface area contributed by atoms with Crippen LogP contribution < -0.4 is 14.2 Å². The highest BCUT2D eigenvalue weighted by molar-refractivity contribution is 7.85. The third kappa shape index (κ3) is 7.10. The van der Waals surface area contributed by atoms with Crippen LogP contribution >= 0.6 is 0 Å². The number of benzene rings is 3. The van der Waals surface area contributed by atoms with Crippen molar-refractivity contribution in [2.24, 2.45) is 0 Å². The Morgan fingerprint density at radius 1 is 1.03 bits per heavy atom. The SMILES string of the molecule is CCc1ccc(OC(C)CCOc2ccc(OC(C)(C)C(=O)O)c(C)c2)c(S(=O)c2ccccc2)c1. The summed E-state index contributed by atoms with van der Waals surface area (Å²) >= 11 is 0. The Hall–Kier alpha value is -3.32. The van der Waals surface area contributed by atoms with Gasteiger partial charge in [0.25, 0.3) is 0 Å². The van der Waals surface area contributed by atoms with Crippen LogP contribution in [0.5, 0.6) is 17.2 Å². The molecule has 0 amide bonds. The van der Waals surface area contributed by atoms with Crippen molar-refractivity contribution in [2.75, 3.05) is 6.61 Å². The molecule has 0 spiro atoms. The fraction of sp³-hybridized carbons (Fsp3) is 0.345. The molecule has 0 saturated carbocycles. The fourth-order valence-corrected chi connectivity index (χ4v) is 4.66. The van der Waals surface area contributed by atoms with Crippen LogP contribution in [0.3, 0.4) is 0 Å². The summed E-state index contributed by atoms with van der Waals surface area (Å²) in [4.78, 5) is 12.7. The molecule has 3 rings (SSSR count). The van der Waals surface area contributed by atoms with Crippen LogP contribution in [0.4, 0.5) is 0 Å². The molecule has 7 heteroatoms. The van der Waals surface area contributed by atoms with Crippen molar-refractivity contribution in [1.82, 2.24) is 0 Å². The van der Waals surface area contributed by atoms with Crippen LogP contribution in [-0.4, -0.2) is 33.6 Å². The number of hydrogen-bond acceptors (Lipinski definition) is 5. The van der Waals surface area contributed by atoms with Crippen molar-refractivity contribution >= 4 is 16.8 Å². The summed E-state index contributed by atoms with van der Waals surface area (Å²) in [6.07, 6.45) is 1.31. The summed E-state index contributed by atoms with van der Waals surface area (Å²) in [5, 5.41) is 9.28. The Morgan fingerprint density at radius 2 is 1.72 bits per heavy atom. The predicted molar refractivity (Wildman–Crippen MR) is 141 cm³/mol. The maximum Gasteiger partial charge on any atom is 0.347 e. The second-order valence-corrected chi connectivity index (χ2v) is 10.6. The van der Waals surface area contributed by atoms with Gasteiger partial charge in [0.15, 0.2) is 5.60 Å². The molecule has 0 aliphatic carbocycles. The van der Waals surface area contributed by atoms with Gasteiger partial charge in [-0.1, -0.05) is 31.2 Å². The predicted octanol–water partition coefficient (Wildman–Crippen LogP) is 6.20. The molecule has 0 saturated heterocycles. The van der Waals surface area contributed by atoms with Crippen molar-refractivity contribution in [1.29, 1.82) is 0 Å². The topological polar surface area (TPSA) is 82.1 Å². The first-order valence-electron chi connectivity index (χ1n) is 12.0. The Balaban J connectivity index is 1.62. The second kappa shape index (κ2) is 12.1. The molecule has 2 unspecified atom stereocenters. The molecule has 0 aromatic heterocycles. The van der Waals surface area contributed by atoms with Crippen molar-refractivity contribution in [3.05, 3.63) is 77.9 Å². The van der Waals surface area contributed by atoms with E-state index in [0.717, 1.165) is 22.4 Å². The van der Waals surface area contributed by atoms with Crippen LogP contribution in [0.2, 0.25) is 0 Å². The molecule has 2 atom stereocenters. The molecule has 0 aliphatic heterocycles. The second-order valence-electron chi connectivity index (χ2n) is 9.13. The third-order valence-corrected chi connectivity index (χ3v) is 7.14. The minimum Gasteiger partial charge on any atom is -0.493 e. The number of ether oxygens (including phenoxy) is 3. The van der Waals surface area contributed by atoms with Gasteiger partial charge in [-0.05, 0) is 87.7 Å². The summed E-state index contributed by atoms with van der Waals surface area (Å²) < 4.78 is 31.0. The Labute approximate surface area is 215 Å². The first-order valence-corrected chi connectivity index (χ1v) is 13.2. The van der Waals surface area contributed by atoms with E-state index in [9.17, 15) is 14.1 Å². The molecular formula is C29H34O6S. The minimum atomic E-state index is -1.34. The fourth-order valence-electron chi connectivity index (χ4n) is 3.45. The van der Waals surface area contributed by atoms with E-state index >= 15 is 0 Å². The van der Waals surface area contributed by atoms with E-state index in [-0.39, 0.29) is 6.10 Å². The molecule has 0 heterocycles. The monoisotopic (exact) mass is 510 g/mol. The standard InChI is InChI=1S/C29H34O6S/c1-6-22-12-14-26(27(19-22)36(32)24-10-8-7-9-11-24)34-21(3)16-17-33-23-13-15-25(20(2)18-23)35-29(4,5)28(30)31/h7-15,18-19,21H,6,16-17H2,1-5H3,(H,30,31). The lowest BCUT2D eigenvalue weighted by Gasteiger charge is -2.23. The van der Waals surface area contributed by atoms with Gasteiger partial charge < -0.3 is 19.3 Å². The smallest absolute Gasteiger partial charge is 0.347 e. The number of aliphatic carboxylic acids is 1. The third-order valence-electron chi connectivity index (χ3n) is 5.72. The van der Waals surface area contributed by atoms with Crippen molar-refractivity contribution in [3.8, 4) is 17.2 Å². The molecule has 0 aliphatic rings. The molecule has 0 radical (unpaired) electrons. The summed E-state index contributed by atoms with van der Waals surface area (Å²) in [5.41, 5.74) is 0.570. The van der Waals surface area contributed by atoms with Gasteiger partial charge in [-0.3, -0.25) is 0 Å². The van der Waals surface area contributed by atoms with Gasteiger partial charge in [0.2, 0.25) is 0 Å².